The smallest absolute Gasteiger partial charge is 0.228 e. The lowest BCUT2D eigenvalue weighted by Gasteiger charge is -2.05. The Hall–Kier alpha value is -2.61. The van der Waals surface area contributed by atoms with Crippen molar-refractivity contribution in [1.82, 2.24) is 5.32 Å². The van der Waals surface area contributed by atoms with Crippen LogP contribution in [0.1, 0.15) is 28.7 Å². The summed E-state index contributed by atoms with van der Waals surface area (Å²) in [5, 5.41) is 2.84. The van der Waals surface area contributed by atoms with Crippen LogP contribution in [0.2, 0.25) is 0 Å². The number of rotatable bonds is 4. The molecule has 0 radical (unpaired) electrons. The normalized spacial score (nSPS) is 13.0. The molecule has 0 spiro atoms. The molecule has 0 bridgehead atoms. The molecule has 0 aliphatic heterocycles. The molecule has 2 aromatic carbocycles. The van der Waals surface area contributed by atoms with E-state index in [4.69, 9.17) is 0 Å². The highest BCUT2D eigenvalue weighted by Gasteiger charge is 2.15. The van der Waals surface area contributed by atoms with Gasteiger partial charge in [0.25, 0.3) is 0 Å². The van der Waals surface area contributed by atoms with Crippen molar-refractivity contribution in [3.05, 3.63) is 83.1 Å². The van der Waals surface area contributed by atoms with Crippen molar-refractivity contribution in [2.24, 2.45) is 0 Å². The van der Waals surface area contributed by atoms with Gasteiger partial charge < -0.3 is 5.32 Å². The van der Waals surface area contributed by atoms with Crippen LogP contribution in [0.25, 0.3) is 11.6 Å². The number of carbonyl (C=O) groups is 1. The summed E-state index contributed by atoms with van der Waals surface area (Å²) in [7, 11) is 0. The molecule has 0 unspecified atom stereocenters. The molecule has 1 N–H and O–H groups in total. The third-order valence-corrected chi connectivity index (χ3v) is 3.88. The van der Waals surface area contributed by atoms with Crippen molar-refractivity contribution in [1.29, 1.82) is 0 Å². The molecule has 2 nitrogen and oxygen atoms in total. The zero-order valence-electron chi connectivity index (χ0n) is 12.7. The van der Waals surface area contributed by atoms with E-state index in [0.29, 0.717) is 6.42 Å². The minimum atomic E-state index is 0.0197. The van der Waals surface area contributed by atoms with Gasteiger partial charge in [-0.25, -0.2) is 0 Å². The number of allylic oxidation sites excluding steroid dienone is 1. The van der Waals surface area contributed by atoms with E-state index in [0.717, 1.165) is 17.6 Å². The molecular formula is C20H19NO. The van der Waals surface area contributed by atoms with Crippen LogP contribution in [0, 0.1) is 6.92 Å². The van der Waals surface area contributed by atoms with Gasteiger partial charge in [0.2, 0.25) is 5.91 Å². The van der Waals surface area contributed by atoms with Gasteiger partial charge in [0.1, 0.15) is 0 Å². The third kappa shape index (κ3) is 3.34. The Morgan fingerprint density at radius 1 is 1.14 bits per heavy atom. The predicted octanol–water partition coefficient (Wildman–Crippen LogP) is 4.11. The Bertz CT molecular complexity index is 739. The van der Waals surface area contributed by atoms with Crippen LogP contribution in [-0.2, 0) is 11.2 Å². The maximum absolute atomic E-state index is 12.0. The van der Waals surface area contributed by atoms with E-state index in [1.54, 1.807) is 6.20 Å². The van der Waals surface area contributed by atoms with Gasteiger partial charge in [0.05, 0.1) is 6.42 Å². The van der Waals surface area contributed by atoms with Crippen molar-refractivity contribution in [2.75, 3.05) is 0 Å². The zero-order chi connectivity index (χ0) is 15.4. The fourth-order valence-corrected chi connectivity index (χ4v) is 2.65. The van der Waals surface area contributed by atoms with E-state index >= 15 is 0 Å². The fourth-order valence-electron chi connectivity index (χ4n) is 2.65. The van der Waals surface area contributed by atoms with E-state index in [-0.39, 0.29) is 5.91 Å². The van der Waals surface area contributed by atoms with Gasteiger partial charge in [-0.15, -0.1) is 0 Å². The van der Waals surface area contributed by atoms with Crippen LogP contribution in [0.4, 0.5) is 0 Å². The maximum Gasteiger partial charge on any atom is 0.228 e. The molecule has 1 amide bonds. The second-order valence-corrected chi connectivity index (χ2v) is 5.58. The molecular weight excluding hydrogens is 270 g/mol. The minimum absolute atomic E-state index is 0.0197. The van der Waals surface area contributed by atoms with Crippen molar-refractivity contribution in [2.45, 2.75) is 19.8 Å². The number of carbonyl (C=O) groups excluding carboxylic acids is 1. The lowest BCUT2D eigenvalue weighted by molar-refractivity contribution is -0.119. The van der Waals surface area contributed by atoms with E-state index in [2.05, 4.69) is 42.6 Å². The number of hydrogen-bond donors (Lipinski definition) is 1. The Balaban J connectivity index is 1.56. The SMILES string of the molecule is Cc1ccc(C=CNC(=O)CC2=CCc3ccccc32)cc1. The molecule has 22 heavy (non-hydrogen) atoms. The van der Waals surface area contributed by atoms with Crippen molar-refractivity contribution >= 4 is 17.6 Å². The molecule has 0 aromatic heterocycles. The van der Waals surface area contributed by atoms with Crippen LogP contribution in [0.3, 0.4) is 0 Å². The molecule has 2 heteroatoms. The summed E-state index contributed by atoms with van der Waals surface area (Å²) in [6, 6.07) is 16.5. The van der Waals surface area contributed by atoms with Crippen LogP contribution >= 0.6 is 0 Å². The quantitative estimate of drug-likeness (QED) is 0.901. The Labute approximate surface area is 131 Å². The highest BCUT2D eigenvalue weighted by Crippen LogP contribution is 2.29. The molecule has 1 aliphatic carbocycles. The molecule has 0 saturated carbocycles. The number of benzene rings is 2. The summed E-state index contributed by atoms with van der Waals surface area (Å²) in [5.41, 5.74) is 5.95. The minimum Gasteiger partial charge on any atom is -0.332 e. The van der Waals surface area contributed by atoms with Crippen molar-refractivity contribution < 1.29 is 4.79 Å². The second kappa shape index (κ2) is 6.44. The first kappa shape index (κ1) is 14.3. The second-order valence-electron chi connectivity index (χ2n) is 5.58. The molecule has 1 aliphatic rings. The monoisotopic (exact) mass is 289 g/mol. The van der Waals surface area contributed by atoms with E-state index in [9.17, 15) is 4.79 Å². The van der Waals surface area contributed by atoms with Gasteiger partial charge in [-0.05, 0) is 41.7 Å². The first-order valence-electron chi connectivity index (χ1n) is 7.52. The highest BCUT2D eigenvalue weighted by atomic mass is 16.1. The summed E-state index contributed by atoms with van der Waals surface area (Å²) in [4.78, 5) is 12.0. The zero-order valence-corrected chi connectivity index (χ0v) is 12.7. The van der Waals surface area contributed by atoms with Gasteiger partial charge in [0.15, 0.2) is 0 Å². The van der Waals surface area contributed by atoms with Gasteiger partial charge >= 0.3 is 0 Å². The number of amides is 1. The highest BCUT2D eigenvalue weighted by molar-refractivity contribution is 5.91. The summed E-state index contributed by atoms with van der Waals surface area (Å²) in [6.07, 6.45) is 7.13. The molecule has 0 fully saturated rings. The van der Waals surface area contributed by atoms with Crippen LogP contribution in [0.15, 0.2) is 60.8 Å². The Morgan fingerprint density at radius 3 is 2.73 bits per heavy atom. The largest absolute Gasteiger partial charge is 0.332 e. The van der Waals surface area contributed by atoms with E-state index < -0.39 is 0 Å². The van der Waals surface area contributed by atoms with Gasteiger partial charge in [-0.2, -0.15) is 0 Å². The van der Waals surface area contributed by atoms with Gasteiger partial charge in [0, 0.05) is 6.20 Å². The Morgan fingerprint density at radius 2 is 1.91 bits per heavy atom. The van der Waals surface area contributed by atoms with Crippen molar-refractivity contribution in [3.63, 3.8) is 0 Å². The fraction of sp³-hybridized carbons (Fsp3) is 0.150. The first-order chi connectivity index (χ1) is 10.7. The van der Waals surface area contributed by atoms with Crippen LogP contribution in [-0.4, -0.2) is 5.91 Å². The standard InChI is InChI=1S/C20H19NO/c1-15-6-8-16(9-7-15)12-13-21-20(22)14-18-11-10-17-4-2-3-5-19(17)18/h2-9,11-13H,10,14H2,1H3,(H,21,22). The number of nitrogens with one attached hydrogen (secondary N) is 1. The summed E-state index contributed by atoms with van der Waals surface area (Å²) in [6.45, 7) is 2.06. The average molecular weight is 289 g/mol. The molecule has 0 heterocycles. The Kier molecular flexibility index (Phi) is 4.19. The maximum atomic E-state index is 12.0. The molecule has 0 atom stereocenters. The number of aryl methyl sites for hydroxylation is 1. The van der Waals surface area contributed by atoms with Gasteiger partial charge in [-0.3, -0.25) is 4.79 Å². The number of fused-ring (bicyclic) bond motifs is 1. The van der Waals surface area contributed by atoms with E-state index in [1.807, 2.05) is 30.3 Å². The van der Waals surface area contributed by atoms with Crippen molar-refractivity contribution in [3.8, 4) is 0 Å². The average Bonchev–Trinajstić information content (AvgIpc) is 2.93. The molecule has 2 aromatic rings. The van der Waals surface area contributed by atoms with Crippen LogP contribution in [0.5, 0.6) is 0 Å². The van der Waals surface area contributed by atoms with Gasteiger partial charge in [-0.1, -0.05) is 60.2 Å². The summed E-state index contributed by atoms with van der Waals surface area (Å²) in [5.74, 6) is 0.0197. The third-order valence-electron chi connectivity index (χ3n) is 3.88. The topological polar surface area (TPSA) is 29.1 Å². The summed E-state index contributed by atoms with van der Waals surface area (Å²) < 4.78 is 0. The van der Waals surface area contributed by atoms with E-state index in [1.165, 1.54) is 16.7 Å². The molecule has 0 saturated heterocycles. The molecule has 110 valence electrons. The lowest BCUT2D eigenvalue weighted by atomic mass is 10.0. The first-order valence-corrected chi connectivity index (χ1v) is 7.52. The molecule has 3 rings (SSSR count). The van der Waals surface area contributed by atoms with Crippen LogP contribution < -0.4 is 5.32 Å². The lowest BCUT2D eigenvalue weighted by Crippen LogP contribution is -2.16. The summed E-state index contributed by atoms with van der Waals surface area (Å²) >= 11 is 0. The number of hydrogen-bond acceptors (Lipinski definition) is 1. The predicted molar refractivity (Wildman–Crippen MR) is 91.1 cm³/mol.